The smallest absolute Gasteiger partial charge is 0.147 e. The molecule has 8 heteroatoms. The molecular formula is C20H25N5O2S. The van der Waals surface area contributed by atoms with Gasteiger partial charge in [0.1, 0.15) is 22.8 Å². The highest BCUT2D eigenvalue weighted by Crippen LogP contribution is 2.42. The van der Waals surface area contributed by atoms with E-state index in [1.807, 2.05) is 6.92 Å². The van der Waals surface area contributed by atoms with Crippen LogP contribution >= 0.6 is 11.3 Å². The molecule has 28 heavy (non-hydrogen) atoms. The van der Waals surface area contributed by atoms with Crippen molar-refractivity contribution in [2.45, 2.75) is 38.6 Å². The number of nitrogens with zero attached hydrogens (tertiary/aromatic N) is 4. The van der Waals surface area contributed by atoms with Crippen LogP contribution in [0.1, 0.15) is 30.9 Å². The van der Waals surface area contributed by atoms with Crippen molar-refractivity contribution in [1.29, 1.82) is 0 Å². The molecule has 0 aromatic carbocycles. The van der Waals surface area contributed by atoms with Gasteiger partial charge < -0.3 is 20.1 Å². The molecule has 1 aliphatic carbocycles. The van der Waals surface area contributed by atoms with Crippen molar-refractivity contribution in [2.75, 3.05) is 43.1 Å². The Morgan fingerprint density at radius 2 is 2.00 bits per heavy atom. The van der Waals surface area contributed by atoms with Gasteiger partial charge in [0, 0.05) is 24.5 Å². The Morgan fingerprint density at radius 3 is 2.79 bits per heavy atom. The average molecular weight is 400 g/mol. The number of hydrogen-bond acceptors (Lipinski definition) is 8. The first-order valence-electron chi connectivity index (χ1n) is 10.1. The van der Waals surface area contributed by atoms with E-state index in [0.717, 1.165) is 65.8 Å². The minimum Gasteiger partial charge on any atom is -0.394 e. The summed E-state index contributed by atoms with van der Waals surface area (Å²) in [5, 5.41) is 13.9. The van der Waals surface area contributed by atoms with Crippen molar-refractivity contribution in [3.8, 4) is 0 Å². The summed E-state index contributed by atoms with van der Waals surface area (Å²) in [7, 11) is 0. The number of pyridine rings is 1. The second-order valence-corrected chi connectivity index (χ2v) is 8.61. The zero-order valence-electron chi connectivity index (χ0n) is 16.1. The van der Waals surface area contributed by atoms with E-state index < -0.39 is 0 Å². The van der Waals surface area contributed by atoms with Crippen LogP contribution in [0.3, 0.4) is 0 Å². The molecule has 1 fully saturated rings. The predicted octanol–water partition coefficient (Wildman–Crippen LogP) is 2.75. The minimum atomic E-state index is -0.0610. The zero-order chi connectivity index (χ0) is 19.1. The van der Waals surface area contributed by atoms with Gasteiger partial charge in [-0.2, -0.15) is 0 Å². The number of rotatable bonds is 4. The molecule has 0 bridgehead atoms. The van der Waals surface area contributed by atoms with Gasteiger partial charge in [0.25, 0.3) is 0 Å². The summed E-state index contributed by atoms with van der Waals surface area (Å²) in [5.41, 5.74) is 3.81. The summed E-state index contributed by atoms with van der Waals surface area (Å²) in [6.07, 6.45) is 6.21. The van der Waals surface area contributed by atoms with Crippen LogP contribution in [0.4, 0.5) is 11.6 Å². The molecule has 2 N–H and O–H groups in total. The SMILES string of the molecule is CC(CO)Nc1ncnc2c1sc1nc(N3CCOCC3)c3c(c12)CCCC3. The van der Waals surface area contributed by atoms with Gasteiger partial charge in [-0.3, -0.25) is 0 Å². The van der Waals surface area contributed by atoms with E-state index in [2.05, 4.69) is 20.2 Å². The summed E-state index contributed by atoms with van der Waals surface area (Å²) >= 11 is 1.65. The highest BCUT2D eigenvalue weighted by Gasteiger charge is 2.26. The first-order valence-corrected chi connectivity index (χ1v) is 10.9. The molecule has 2 aliphatic rings. The maximum atomic E-state index is 9.42. The van der Waals surface area contributed by atoms with Crippen LogP contribution < -0.4 is 10.2 Å². The number of aliphatic hydroxyl groups is 1. The Labute approximate surface area is 167 Å². The van der Waals surface area contributed by atoms with Gasteiger partial charge in [-0.25, -0.2) is 15.0 Å². The fraction of sp³-hybridized carbons (Fsp3) is 0.550. The largest absolute Gasteiger partial charge is 0.394 e. The molecule has 7 nitrogen and oxygen atoms in total. The standard InChI is InChI=1S/C20H25N5O2S/c1-12(10-26)23-18-17-16(21-11-22-18)15-13-4-2-3-5-14(13)19(24-20(15)28-17)25-6-8-27-9-7-25/h11-12,26H,2-10H2,1H3,(H,21,22,23). The summed E-state index contributed by atoms with van der Waals surface area (Å²) in [6, 6.07) is -0.0610. The lowest BCUT2D eigenvalue weighted by Crippen LogP contribution is -2.37. The van der Waals surface area contributed by atoms with E-state index in [4.69, 9.17) is 9.72 Å². The molecule has 148 valence electrons. The number of aryl methyl sites for hydroxylation is 1. The third-order valence-corrected chi connectivity index (χ3v) is 6.75. The monoisotopic (exact) mass is 399 g/mol. The molecule has 1 aliphatic heterocycles. The molecule has 0 radical (unpaired) electrons. The van der Waals surface area contributed by atoms with Crippen molar-refractivity contribution in [3.05, 3.63) is 17.5 Å². The fourth-order valence-corrected chi connectivity index (χ4v) is 5.37. The van der Waals surface area contributed by atoms with Crippen molar-refractivity contribution in [2.24, 2.45) is 0 Å². The van der Waals surface area contributed by atoms with E-state index in [1.54, 1.807) is 17.7 Å². The second-order valence-electron chi connectivity index (χ2n) is 7.61. The number of aliphatic hydroxyl groups excluding tert-OH is 1. The lowest BCUT2D eigenvalue weighted by molar-refractivity contribution is 0.122. The van der Waals surface area contributed by atoms with Crippen LogP contribution in [0.5, 0.6) is 0 Å². The first-order chi connectivity index (χ1) is 13.8. The minimum absolute atomic E-state index is 0.0607. The topological polar surface area (TPSA) is 83.4 Å². The van der Waals surface area contributed by atoms with Crippen molar-refractivity contribution in [1.82, 2.24) is 15.0 Å². The Balaban J connectivity index is 1.72. The second kappa shape index (κ2) is 7.42. The van der Waals surface area contributed by atoms with E-state index in [1.165, 1.54) is 29.4 Å². The highest BCUT2D eigenvalue weighted by atomic mass is 32.1. The number of morpholine rings is 1. The van der Waals surface area contributed by atoms with E-state index in [-0.39, 0.29) is 12.6 Å². The molecular weight excluding hydrogens is 374 g/mol. The van der Waals surface area contributed by atoms with Gasteiger partial charge in [-0.05, 0) is 43.7 Å². The Hall–Kier alpha value is -2.03. The average Bonchev–Trinajstić information content (AvgIpc) is 3.13. The number of aromatic nitrogens is 3. The lowest BCUT2D eigenvalue weighted by atomic mass is 9.90. The van der Waals surface area contributed by atoms with Crippen LogP contribution in [0.25, 0.3) is 20.4 Å². The number of anilines is 2. The number of hydrogen-bond donors (Lipinski definition) is 2. The van der Waals surface area contributed by atoms with Gasteiger partial charge in [0.05, 0.1) is 30.0 Å². The molecule has 5 rings (SSSR count). The Kier molecular flexibility index (Phi) is 4.78. The molecule has 0 saturated carbocycles. The van der Waals surface area contributed by atoms with Gasteiger partial charge in [-0.15, -0.1) is 11.3 Å². The summed E-state index contributed by atoms with van der Waals surface area (Å²) < 4.78 is 6.58. The first kappa shape index (κ1) is 18.0. The molecule has 3 aromatic rings. The molecule has 1 unspecified atom stereocenters. The van der Waals surface area contributed by atoms with Crippen LogP contribution in [0, 0.1) is 0 Å². The maximum absolute atomic E-state index is 9.42. The third-order valence-electron chi connectivity index (χ3n) is 5.67. The Bertz CT molecular complexity index is 1010. The van der Waals surface area contributed by atoms with E-state index >= 15 is 0 Å². The Morgan fingerprint density at radius 1 is 1.21 bits per heavy atom. The number of nitrogens with one attached hydrogen (secondary N) is 1. The molecule has 1 saturated heterocycles. The molecule has 4 heterocycles. The van der Waals surface area contributed by atoms with Crippen LogP contribution in [0.2, 0.25) is 0 Å². The maximum Gasteiger partial charge on any atom is 0.147 e. The van der Waals surface area contributed by atoms with E-state index in [9.17, 15) is 5.11 Å². The predicted molar refractivity (Wildman–Crippen MR) is 113 cm³/mol. The fourth-order valence-electron chi connectivity index (χ4n) is 4.26. The van der Waals surface area contributed by atoms with Gasteiger partial charge in [-0.1, -0.05) is 0 Å². The number of ether oxygens (including phenoxy) is 1. The van der Waals surface area contributed by atoms with Crippen LogP contribution in [-0.4, -0.2) is 59.0 Å². The van der Waals surface area contributed by atoms with Crippen molar-refractivity contribution < 1.29 is 9.84 Å². The molecule has 1 atom stereocenters. The highest BCUT2D eigenvalue weighted by molar-refractivity contribution is 7.26. The molecule has 3 aromatic heterocycles. The van der Waals surface area contributed by atoms with Gasteiger partial charge in [0.2, 0.25) is 0 Å². The molecule has 0 spiro atoms. The summed E-state index contributed by atoms with van der Waals surface area (Å²) in [4.78, 5) is 17.6. The normalized spacial score (nSPS) is 18.4. The van der Waals surface area contributed by atoms with Crippen molar-refractivity contribution in [3.63, 3.8) is 0 Å². The van der Waals surface area contributed by atoms with Gasteiger partial charge >= 0.3 is 0 Å². The quantitative estimate of drug-likeness (QED) is 0.698. The number of fused-ring (bicyclic) bond motifs is 5. The third kappa shape index (κ3) is 3.00. The summed E-state index contributed by atoms with van der Waals surface area (Å²) in [6.45, 7) is 5.33. The lowest BCUT2D eigenvalue weighted by Gasteiger charge is -2.31. The molecule has 0 amide bonds. The van der Waals surface area contributed by atoms with Crippen LogP contribution in [-0.2, 0) is 17.6 Å². The zero-order valence-corrected chi connectivity index (χ0v) is 16.9. The van der Waals surface area contributed by atoms with E-state index in [0.29, 0.717) is 0 Å². The summed E-state index contributed by atoms with van der Waals surface area (Å²) in [5.74, 6) is 1.93. The van der Waals surface area contributed by atoms with Crippen LogP contribution in [0.15, 0.2) is 6.33 Å². The van der Waals surface area contributed by atoms with Crippen molar-refractivity contribution >= 4 is 43.4 Å². The van der Waals surface area contributed by atoms with Gasteiger partial charge in [0.15, 0.2) is 0 Å². The number of thiophene rings is 1.